The SMILES string of the molecule is CCCCCCCC(=O)OCCOCCOCCOCCOCCOCCOCCC(=O)Oc1c(F)c(F)c(F)c(F)c1F. The number of hydrogen-bond acceptors (Lipinski definition) is 10. The van der Waals surface area contributed by atoms with Crippen molar-refractivity contribution in [2.24, 2.45) is 0 Å². The van der Waals surface area contributed by atoms with Gasteiger partial charge in [0.25, 0.3) is 0 Å². The maximum absolute atomic E-state index is 13.5. The minimum atomic E-state index is -2.35. The minimum absolute atomic E-state index is 0.0800. The first-order valence-electron chi connectivity index (χ1n) is 14.6. The summed E-state index contributed by atoms with van der Waals surface area (Å²) >= 11 is 0. The molecule has 15 heteroatoms. The molecule has 0 fully saturated rings. The van der Waals surface area contributed by atoms with Crippen LogP contribution in [0.4, 0.5) is 22.0 Å². The van der Waals surface area contributed by atoms with Gasteiger partial charge in [-0.2, -0.15) is 8.78 Å². The summed E-state index contributed by atoms with van der Waals surface area (Å²) in [5, 5.41) is 0. The van der Waals surface area contributed by atoms with E-state index in [0.29, 0.717) is 59.3 Å². The number of benzene rings is 1. The molecule has 0 bridgehead atoms. The number of rotatable bonds is 28. The number of carbonyl (C=O) groups is 2. The van der Waals surface area contributed by atoms with Crippen LogP contribution in [0, 0.1) is 29.1 Å². The second kappa shape index (κ2) is 25.9. The normalized spacial score (nSPS) is 11.2. The van der Waals surface area contributed by atoms with E-state index in [1.165, 1.54) is 12.8 Å². The molecule has 0 aliphatic rings. The fourth-order valence-electron chi connectivity index (χ4n) is 3.36. The predicted molar refractivity (Wildman–Crippen MR) is 146 cm³/mol. The van der Waals surface area contributed by atoms with Crippen molar-refractivity contribution in [2.45, 2.75) is 51.9 Å². The molecule has 0 spiro atoms. The molecule has 0 aliphatic carbocycles. The molecule has 0 atom stereocenters. The van der Waals surface area contributed by atoms with E-state index < -0.39 is 47.2 Å². The highest BCUT2D eigenvalue weighted by molar-refractivity contribution is 5.72. The highest BCUT2D eigenvalue weighted by atomic mass is 19.2. The lowest BCUT2D eigenvalue weighted by Gasteiger charge is -2.09. The highest BCUT2D eigenvalue weighted by Crippen LogP contribution is 2.29. The maximum Gasteiger partial charge on any atom is 0.313 e. The summed E-state index contributed by atoms with van der Waals surface area (Å²) in [5.74, 6) is -14.3. The average molecular weight is 647 g/mol. The van der Waals surface area contributed by atoms with Crippen LogP contribution in [0.25, 0.3) is 0 Å². The molecule has 0 heterocycles. The standard InChI is InChI=1S/C29H43F5O10/c1-2-3-4-5-6-7-22(35)43-21-20-42-19-18-41-17-16-40-15-14-39-13-12-38-11-10-37-9-8-23(36)44-29-27(33)25(31)24(30)26(32)28(29)34/h2-21H2,1H3. The Balaban J connectivity index is 1.83. The predicted octanol–water partition coefficient (Wildman–Crippen LogP) is 4.68. The summed E-state index contributed by atoms with van der Waals surface area (Å²) in [5.41, 5.74) is 0. The summed E-state index contributed by atoms with van der Waals surface area (Å²) in [6, 6.07) is 0. The van der Waals surface area contributed by atoms with Crippen LogP contribution in [-0.2, 0) is 42.7 Å². The fourth-order valence-corrected chi connectivity index (χ4v) is 3.36. The first kappa shape index (κ1) is 39.6. The monoisotopic (exact) mass is 646 g/mol. The van der Waals surface area contributed by atoms with Crippen LogP contribution in [0.15, 0.2) is 0 Å². The number of halogens is 5. The number of ether oxygens (including phenoxy) is 8. The molecular formula is C29H43F5O10. The molecule has 1 aromatic rings. The van der Waals surface area contributed by atoms with Crippen molar-refractivity contribution in [1.29, 1.82) is 0 Å². The highest BCUT2D eigenvalue weighted by Gasteiger charge is 2.28. The Morgan fingerprint density at radius 3 is 1.30 bits per heavy atom. The summed E-state index contributed by atoms with van der Waals surface area (Å²) < 4.78 is 107. The van der Waals surface area contributed by atoms with E-state index in [-0.39, 0.29) is 39.0 Å². The number of hydrogen-bond donors (Lipinski definition) is 0. The van der Waals surface area contributed by atoms with Crippen molar-refractivity contribution < 1.29 is 69.4 Å². The molecule has 1 aromatic carbocycles. The molecule has 1 rings (SSSR count). The first-order valence-corrected chi connectivity index (χ1v) is 14.6. The third-order valence-corrected chi connectivity index (χ3v) is 5.67. The van der Waals surface area contributed by atoms with Gasteiger partial charge in [0.05, 0.1) is 85.7 Å². The molecule has 0 amide bonds. The summed E-state index contributed by atoms with van der Waals surface area (Å²) in [4.78, 5) is 23.2. The van der Waals surface area contributed by atoms with Crippen LogP contribution in [0.3, 0.4) is 0 Å². The minimum Gasteiger partial charge on any atom is -0.463 e. The van der Waals surface area contributed by atoms with E-state index in [2.05, 4.69) is 11.7 Å². The maximum atomic E-state index is 13.5. The van der Waals surface area contributed by atoms with Crippen molar-refractivity contribution in [3.05, 3.63) is 29.1 Å². The van der Waals surface area contributed by atoms with Crippen LogP contribution in [0.1, 0.15) is 51.9 Å². The fraction of sp³-hybridized carbons (Fsp3) is 0.724. The zero-order chi connectivity index (χ0) is 32.4. The van der Waals surface area contributed by atoms with E-state index in [9.17, 15) is 31.5 Å². The van der Waals surface area contributed by atoms with Crippen molar-refractivity contribution in [3.8, 4) is 5.75 Å². The van der Waals surface area contributed by atoms with Crippen LogP contribution in [0.5, 0.6) is 5.75 Å². The van der Waals surface area contributed by atoms with Crippen LogP contribution in [-0.4, -0.2) is 97.8 Å². The summed E-state index contributed by atoms with van der Waals surface area (Å²) in [6.45, 7) is 5.60. The van der Waals surface area contributed by atoms with Gasteiger partial charge in [-0.25, -0.2) is 13.2 Å². The largest absolute Gasteiger partial charge is 0.463 e. The Kier molecular flexibility index (Phi) is 23.3. The number of carbonyl (C=O) groups excluding carboxylic acids is 2. The molecule has 0 N–H and O–H groups in total. The number of unbranched alkanes of at least 4 members (excludes halogenated alkanes) is 4. The van der Waals surface area contributed by atoms with E-state index in [1.807, 2.05) is 0 Å². The average Bonchev–Trinajstić information content (AvgIpc) is 3.01. The zero-order valence-electron chi connectivity index (χ0n) is 25.1. The quantitative estimate of drug-likeness (QED) is 0.0318. The van der Waals surface area contributed by atoms with E-state index >= 15 is 0 Å². The molecule has 44 heavy (non-hydrogen) atoms. The van der Waals surface area contributed by atoms with Gasteiger partial charge < -0.3 is 37.9 Å². The Morgan fingerprint density at radius 2 is 0.841 bits per heavy atom. The molecule has 0 saturated carbocycles. The molecule has 0 aromatic heterocycles. The van der Waals surface area contributed by atoms with Gasteiger partial charge in [0.15, 0.2) is 0 Å². The second-order valence-corrected chi connectivity index (χ2v) is 9.18. The molecule has 254 valence electrons. The molecular weight excluding hydrogens is 603 g/mol. The van der Waals surface area contributed by atoms with Gasteiger partial charge in [-0.05, 0) is 6.42 Å². The second-order valence-electron chi connectivity index (χ2n) is 9.18. The molecule has 10 nitrogen and oxygen atoms in total. The van der Waals surface area contributed by atoms with Crippen molar-refractivity contribution in [2.75, 3.05) is 85.9 Å². The summed E-state index contributed by atoms with van der Waals surface area (Å²) in [7, 11) is 0. The van der Waals surface area contributed by atoms with Gasteiger partial charge >= 0.3 is 11.9 Å². The van der Waals surface area contributed by atoms with Gasteiger partial charge in [0.1, 0.15) is 6.61 Å². The van der Waals surface area contributed by atoms with Gasteiger partial charge in [-0.1, -0.05) is 32.6 Å². The Morgan fingerprint density at radius 1 is 0.455 bits per heavy atom. The van der Waals surface area contributed by atoms with Crippen LogP contribution < -0.4 is 4.74 Å². The topological polar surface area (TPSA) is 108 Å². The van der Waals surface area contributed by atoms with E-state index in [0.717, 1.165) is 19.3 Å². The van der Waals surface area contributed by atoms with E-state index in [4.69, 9.17) is 33.2 Å². The third kappa shape index (κ3) is 18.4. The Hall–Kier alpha value is -2.43. The van der Waals surface area contributed by atoms with E-state index in [1.54, 1.807) is 0 Å². The van der Waals surface area contributed by atoms with Crippen molar-refractivity contribution >= 4 is 11.9 Å². The van der Waals surface area contributed by atoms with Crippen LogP contribution >= 0.6 is 0 Å². The smallest absolute Gasteiger partial charge is 0.313 e. The molecule has 0 saturated heterocycles. The first-order chi connectivity index (χ1) is 21.3. The lowest BCUT2D eigenvalue weighted by atomic mass is 10.1. The molecule has 0 aliphatic heterocycles. The van der Waals surface area contributed by atoms with Gasteiger partial charge in [0.2, 0.25) is 34.8 Å². The van der Waals surface area contributed by atoms with Gasteiger partial charge in [-0.3, -0.25) is 9.59 Å². The third-order valence-electron chi connectivity index (χ3n) is 5.67. The summed E-state index contributed by atoms with van der Waals surface area (Å²) in [6.07, 6.45) is 5.38. The van der Waals surface area contributed by atoms with Crippen molar-refractivity contribution in [3.63, 3.8) is 0 Å². The van der Waals surface area contributed by atoms with Crippen molar-refractivity contribution in [1.82, 2.24) is 0 Å². The van der Waals surface area contributed by atoms with Gasteiger partial charge in [-0.15, -0.1) is 0 Å². The zero-order valence-corrected chi connectivity index (χ0v) is 25.1. The Bertz CT molecular complexity index is 909. The lowest BCUT2D eigenvalue weighted by molar-refractivity contribution is -0.145. The lowest BCUT2D eigenvalue weighted by Crippen LogP contribution is -2.16. The molecule has 0 unspecified atom stereocenters. The molecule has 0 radical (unpaired) electrons. The van der Waals surface area contributed by atoms with Crippen LogP contribution in [0.2, 0.25) is 0 Å². The number of esters is 2. The Labute approximate surface area is 254 Å². The van der Waals surface area contributed by atoms with Gasteiger partial charge in [0, 0.05) is 6.42 Å².